The van der Waals surface area contributed by atoms with Crippen LogP contribution in [0.5, 0.6) is 23.0 Å². The van der Waals surface area contributed by atoms with Gasteiger partial charge in [0.1, 0.15) is 19.0 Å². The highest BCUT2D eigenvalue weighted by Crippen LogP contribution is 2.46. The highest BCUT2D eigenvalue weighted by molar-refractivity contribution is 7.22. The molecule has 1 saturated heterocycles. The number of carbonyl (C=O) groups excluding carboxylic acids is 2. The molecule has 216 valence electrons. The van der Waals surface area contributed by atoms with E-state index in [1.807, 2.05) is 25.1 Å². The summed E-state index contributed by atoms with van der Waals surface area (Å²) in [6.45, 7) is 5.38. The molecule has 1 fully saturated rings. The van der Waals surface area contributed by atoms with Gasteiger partial charge in [-0.15, -0.1) is 0 Å². The van der Waals surface area contributed by atoms with E-state index in [-0.39, 0.29) is 11.3 Å². The maximum absolute atomic E-state index is 13.7. The number of anilines is 1. The van der Waals surface area contributed by atoms with Crippen LogP contribution < -0.4 is 23.8 Å². The molecular formula is C32H30N2O7S. The van der Waals surface area contributed by atoms with Crippen LogP contribution in [0, 0.1) is 6.92 Å². The van der Waals surface area contributed by atoms with Gasteiger partial charge in [-0.25, -0.2) is 4.98 Å². The molecule has 3 heterocycles. The van der Waals surface area contributed by atoms with Crippen LogP contribution in [0.4, 0.5) is 5.13 Å². The summed E-state index contributed by atoms with van der Waals surface area (Å²) in [5.74, 6) is 0.0810. The molecule has 3 aromatic carbocycles. The fourth-order valence-electron chi connectivity index (χ4n) is 5.11. The fraction of sp³-hybridized carbons (Fsp3) is 0.281. The van der Waals surface area contributed by atoms with Crippen LogP contribution in [0.3, 0.4) is 0 Å². The number of carbonyl (C=O) groups is 2. The number of hydrogen-bond donors (Lipinski definition) is 1. The molecule has 0 bridgehead atoms. The summed E-state index contributed by atoms with van der Waals surface area (Å²) in [7, 11) is 1.54. The summed E-state index contributed by atoms with van der Waals surface area (Å²) in [4.78, 5) is 33.5. The quantitative estimate of drug-likeness (QED) is 0.113. The molecule has 1 N–H and O–H groups in total. The van der Waals surface area contributed by atoms with E-state index in [1.165, 1.54) is 23.3 Å². The smallest absolute Gasteiger partial charge is 0.301 e. The zero-order valence-corrected chi connectivity index (χ0v) is 24.3. The van der Waals surface area contributed by atoms with E-state index in [4.69, 9.17) is 23.9 Å². The number of rotatable bonds is 8. The molecule has 0 radical (unpaired) electrons. The number of aryl methyl sites for hydroxylation is 1. The largest absolute Gasteiger partial charge is 0.507 e. The molecule has 1 atom stereocenters. The van der Waals surface area contributed by atoms with Crippen molar-refractivity contribution in [2.45, 2.75) is 32.7 Å². The zero-order valence-electron chi connectivity index (χ0n) is 23.5. The molecule has 4 aromatic rings. The summed E-state index contributed by atoms with van der Waals surface area (Å²) in [5.41, 5.74) is 2.59. The van der Waals surface area contributed by atoms with Gasteiger partial charge in [-0.1, -0.05) is 36.8 Å². The molecule has 10 heteroatoms. The lowest BCUT2D eigenvalue weighted by molar-refractivity contribution is -0.132. The number of unbranched alkanes of at least 4 members (excludes halogenated alkanes) is 1. The number of aliphatic hydroxyl groups excluding tert-OH is 1. The van der Waals surface area contributed by atoms with Gasteiger partial charge >= 0.3 is 5.91 Å². The van der Waals surface area contributed by atoms with Gasteiger partial charge in [0.2, 0.25) is 0 Å². The Morgan fingerprint density at radius 2 is 1.86 bits per heavy atom. The normalized spacial score (nSPS) is 17.6. The monoisotopic (exact) mass is 586 g/mol. The second-order valence-corrected chi connectivity index (χ2v) is 11.1. The number of ether oxygens (including phenoxy) is 4. The first-order valence-electron chi connectivity index (χ1n) is 13.8. The van der Waals surface area contributed by atoms with Crippen LogP contribution in [-0.2, 0) is 9.59 Å². The van der Waals surface area contributed by atoms with Gasteiger partial charge in [0.25, 0.3) is 5.78 Å². The Hall–Kier alpha value is -4.57. The molecule has 2 aliphatic heterocycles. The topological polar surface area (TPSA) is 107 Å². The molecule has 1 aromatic heterocycles. The van der Waals surface area contributed by atoms with Crippen LogP contribution in [0.25, 0.3) is 16.0 Å². The van der Waals surface area contributed by atoms with Gasteiger partial charge in [0.05, 0.1) is 35.5 Å². The van der Waals surface area contributed by atoms with Gasteiger partial charge in [0, 0.05) is 5.56 Å². The van der Waals surface area contributed by atoms with Crippen molar-refractivity contribution in [1.29, 1.82) is 0 Å². The van der Waals surface area contributed by atoms with Crippen LogP contribution in [-0.4, -0.2) is 48.7 Å². The van der Waals surface area contributed by atoms with Crippen molar-refractivity contribution in [3.8, 4) is 23.0 Å². The van der Waals surface area contributed by atoms with Gasteiger partial charge in [-0.05, 0) is 66.9 Å². The minimum absolute atomic E-state index is 0.0613. The van der Waals surface area contributed by atoms with E-state index < -0.39 is 17.7 Å². The number of nitrogens with zero attached hydrogens (tertiary/aromatic N) is 2. The Bertz CT molecular complexity index is 1730. The van der Waals surface area contributed by atoms with Crippen molar-refractivity contribution >= 4 is 44.1 Å². The van der Waals surface area contributed by atoms with Gasteiger partial charge in [0.15, 0.2) is 28.1 Å². The van der Waals surface area contributed by atoms with Crippen molar-refractivity contribution < 1.29 is 33.6 Å². The second-order valence-electron chi connectivity index (χ2n) is 10.1. The number of aromatic nitrogens is 1. The average molecular weight is 587 g/mol. The molecule has 6 rings (SSSR count). The minimum atomic E-state index is -0.974. The summed E-state index contributed by atoms with van der Waals surface area (Å²) < 4.78 is 23.7. The van der Waals surface area contributed by atoms with Crippen molar-refractivity contribution in [1.82, 2.24) is 4.98 Å². The molecule has 1 amide bonds. The number of ketones is 1. The number of methoxy groups -OCH3 is 1. The number of fused-ring (bicyclic) bond motifs is 2. The number of amides is 1. The van der Waals surface area contributed by atoms with E-state index in [2.05, 4.69) is 6.92 Å². The van der Waals surface area contributed by atoms with Crippen molar-refractivity contribution in [3.63, 3.8) is 0 Å². The molecule has 0 spiro atoms. The lowest BCUT2D eigenvalue weighted by Gasteiger charge is -2.24. The van der Waals surface area contributed by atoms with Gasteiger partial charge in [-0.2, -0.15) is 0 Å². The Morgan fingerprint density at radius 3 is 2.64 bits per heavy atom. The third-order valence-electron chi connectivity index (χ3n) is 7.26. The summed E-state index contributed by atoms with van der Waals surface area (Å²) >= 11 is 1.31. The van der Waals surface area contributed by atoms with Crippen LogP contribution in [0.1, 0.15) is 42.5 Å². The molecule has 0 saturated carbocycles. The third-order valence-corrected chi connectivity index (χ3v) is 8.28. The van der Waals surface area contributed by atoms with Crippen molar-refractivity contribution in [2.75, 3.05) is 31.8 Å². The Balaban J connectivity index is 1.51. The van der Waals surface area contributed by atoms with E-state index in [0.29, 0.717) is 64.6 Å². The second kappa shape index (κ2) is 11.4. The Kier molecular flexibility index (Phi) is 7.47. The van der Waals surface area contributed by atoms with Crippen molar-refractivity contribution in [2.24, 2.45) is 0 Å². The molecular weight excluding hydrogens is 556 g/mol. The summed E-state index contributed by atoms with van der Waals surface area (Å²) in [6, 6.07) is 15.0. The van der Waals surface area contributed by atoms with Gasteiger partial charge < -0.3 is 24.1 Å². The average Bonchev–Trinajstić information content (AvgIpc) is 3.54. The molecule has 0 aliphatic carbocycles. The number of benzene rings is 3. The lowest BCUT2D eigenvalue weighted by Crippen LogP contribution is -2.29. The highest BCUT2D eigenvalue weighted by Gasteiger charge is 2.48. The van der Waals surface area contributed by atoms with E-state index in [9.17, 15) is 14.7 Å². The standard InChI is InChI=1S/C32H30N2O7S/c1-4-5-12-39-22-10-7-19(16-24(22)38-3)28-27(29(35)20-8-11-23-25(17-20)41-14-13-40-23)30(36)31(37)34(28)32-33-21-9-6-18(2)15-26(21)42-32/h6-11,15-17,28,35H,4-5,12-14H2,1-3H3/b29-27+. The first-order valence-corrected chi connectivity index (χ1v) is 14.6. The van der Waals surface area contributed by atoms with Crippen LogP contribution in [0.2, 0.25) is 0 Å². The van der Waals surface area contributed by atoms with E-state index in [1.54, 1.807) is 36.4 Å². The maximum atomic E-state index is 13.7. The lowest BCUT2D eigenvalue weighted by atomic mass is 9.95. The molecule has 42 heavy (non-hydrogen) atoms. The first-order chi connectivity index (χ1) is 20.4. The minimum Gasteiger partial charge on any atom is -0.507 e. The highest BCUT2D eigenvalue weighted by atomic mass is 32.1. The SMILES string of the molecule is CCCCOc1ccc(C2/C(=C(\O)c3ccc4c(c3)OCCO4)C(=O)C(=O)N2c2nc3ccc(C)cc3s2)cc1OC. The molecule has 9 nitrogen and oxygen atoms in total. The number of Topliss-reactive ketones (excluding diaryl/α,β-unsaturated/α-hetero) is 1. The van der Waals surface area contributed by atoms with E-state index in [0.717, 1.165) is 23.1 Å². The maximum Gasteiger partial charge on any atom is 0.301 e. The third kappa shape index (κ3) is 4.92. The van der Waals surface area contributed by atoms with Crippen LogP contribution >= 0.6 is 11.3 Å². The summed E-state index contributed by atoms with van der Waals surface area (Å²) in [5, 5.41) is 12.0. The van der Waals surface area contributed by atoms with Crippen LogP contribution in [0.15, 0.2) is 60.2 Å². The number of aliphatic hydroxyl groups is 1. The Morgan fingerprint density at radius 1 is 1.05 bits per heavy atom. The Labute approximate surface area is 246 Å². The summed E-state index contributed by atoms with van der Waals surface area (Å²) in [6.07, 6.45) is 1.87. The van der Waals surface area contributed by atoms with Crippen molar-refractivity contribution in [3.05, 3.63) is 76.9 Å². The predicted octanol–water partition coefficient (Wildman–Crippen LogP) is 6.19. The predicted molar refractivity (Wildman–Crippen MR) is 160 cm³/mol. The van der Waals surface area contributed by atoms with E-state index >= 15 is 0 Å². The number of hydrogen-bond acceptors (Lipinski definition) is 9. The molecule has 1 unspecified atom stereocenters. The first kappa shape index (κ1) is 27.6. The molecule has 2 aliphatic rings. The fourth-order valence-corrected chi connectivity index (χ4v) is 6.20. The van der Waals surface area contributed by atoms with Gasteiger partial charge in [-0.3, -0.25) is 14.5 Å². The zero-order chi connectivity index (χ0) is 29.4. The number of thiazole rings is 1.